The highest BCUT2D eigenvalue weighted by molar-refractivity contribution is 9.10. The van der Waals surface area contributed by atoms with E-state index in [0.29, 0.717) is 0 Å². The van der Waals surface area contributed by atoms with E-state index in [0.717, 1.165) is 75.5 Å². The number of halogens is 1. The summed E-state index contributed by atoms with van der Waals surface area (Å²) in [6.45, 7) is 6.64. The summed E-state index contributed by atoms with van der Waals surface area (Å²) in [6.07, 6.45) is 1.84. The number of carbonyl (C=O) groups excluding carboxylic acids is 1. The largest absolute Gasteiger partial charge is 0.381 e. The maximum atomic E-state index is 13.1. The van der Waals surface area contributed by atoms with Gasteiger partial charge in [-0.05, 0) is 37.1 Å². The molecule has 1 aromatic rings. The van der Waals surface area contributed by atoms with E-state index in [2.05, 4.69) is 25.7 Å². The van der Waals surface area contributed by atoms with Crippen molar-refractivity contribution in [3.8, 4) is 0 Å². The Balaban J connectivity index is 1.68. The van der Waals surface area contributed by atoms with Crippen molar-refractivity contribution in [2.45, 2.75) is 18.9 Å². The zero-order chi connectivity index (χ0) is 16.8. The van der Waals surface area contributed by atoms with E-state index in [1.54, 1.807) is 0 Å². The number of carbonyl (C=O) groups is 1. The standard InChI is InChI=1S/C18H25BrN2O3/c19-16-3-1-15(2-4-16)18(22)21(17-5-11-23-12-6-17)8-7-20-9-13-24-14-10-20/h1-4,17H,5-14H2. The summed E-state index contributed by atoms with van der Waals surface area (Å²) in [5, 5.41) is 0. The lowest BCUT2D eigenvalue weighted by atomic mass is 10.1. The van der Waals surface area contributed by atoms with Crippen molar-refractivity contribution in [1.82, 2.24) is 9.80 Å². The fourth-order valence-electron chi connectivity index (χ4n) is 3.28. The fourth-order valence-corrected chi connectivity index (χ4v) is 3.54. The van der Waals surface area contributed by atoms with E-state index < -0.39 is 0 Å². The highest BCUT2D eigenvalue weighted by Crippen LogP contribution is 2.19. The van der Waals surface area contributed by atoms with E-state index in [1.807, 2.05) is 24.3 Å². The Kier molecular flexibility index (Phi) is 6.66. The van der Waals surface area contributed by atoms with Gasteiger partial charge in [-0.15, -0.1) is 0 Å². The van der Waals surface area contributed by atoms with Crippen LogP contribution < -0.4 is 0 Å². The van der Waals surface area contributed by atoms with Gasteiger partial charge in [0.2, 0.25) is 0 Å². The second-order valence-corrected chi connectivity index (χ2v) is 7.22. The van der Waals surface area contributed by atoms with E-state index in [-0.39, 0.29) is 11.9 Å². The zero-order valence-corrected chi connectivity index (χ0v) is 15.5. The molecule has 1 amide bonds. The number of benzene rings is 1. The Morgan fingerprint density at radius 1 is 1.08 bits per heavy atom. The summed E-state index contributed by atoms with van der Waals surface area (Å²) >= 11 is 3.43. The molecule has 5 nitrogen and oxygen atoms in total. The van der Waals surface area contributed by atoms with Crippen LogP contribution in [0.4, 0.5) is 0 Å². The van der Waals surface area contributed by atoms with E-state index in [1.165, 1.54) is 0 Å². The van der Waals surface area contributed by atoms with Crippen LogP contribution >= 0.6 is 15.9 Å². The molecule has 2 saturated heterocycles. The first-order chi connectivity index (χ1) is 11.7. The third kappa shape index (κ3) is 4.79. The quantitative estimate of drug-likeness (QED) is 0.766. The normalized spacial score (nSPS) is 20.0. The molecule has 0 atom stereocenters. The van der Waals surface area contributed by atoms with Crippen LogP contribution in [0.5, 0.6) is 0 Å². The minimum absolute atomic E-state index is 0.127. The lowest BCUT2D eigenvalue weighted by molar-refractivity contribution is 0.0141. The zero-order valence-electron chi connectivity index (χ0n) is 14.0. The second kappa shape index (κ2) is 8.94. The second-order valence-electron chi connectivity index (χ2n) is 6.30. The Morgan fingerprint density at radius 2 is 1.71 bits per heavy atom. The molecule has 3 rings (SSSR count). The number of rotatable bonds is 5. The molecule has 0 unspecified atom stereocenters. The molecule has 2 aliphatic rings. The fraction of sp³-hybridized carbons (Fsp3) is 0.611. The van der Waals surface area contributed by atoms with Gasteiger partial charge in [0.25, 0.3) is 5.91 Å². The van der Waals surface area contributed by atoms with Gasteiger partial charge in [0.05, 0.1) is 13.2 Å². The maximum absolute atomic E-state index is 13.1. The van der Waals surface area contributed by atoms with Crippen LogP contribution in [0.2, 0.25) is 0 Å². The molecule has 0 N–H and O–H groups in total. The SMILES string of the molecule is O=C(c1ccc(Br)cc1)N(CCN1CCOCC1)C1CCOCC1. The van der Waals surface area contributed by atoms with Crippen molar-refractivity contribution >= 4 is 21.8 Å². The van der Waals surface area contributed by atoms with E-state index in [9.17, 15) is 4.79 Å². The molecule has 0 radical (unpaired) electrons. The molecule has 0 aromatic heterocycles. The van der Waals surface area contributed by atoms with Crippen LogP contribution in [0, 0.1) is 0 Å². The van der Waals surface area contributed by atoms with Crippen molar-refractivity contribution in [2.75, 3.05) is 52.6 Å². The van der Waals surface area contributed by atoms with Gasteiger partial charge in [-0.3, -0.25) is 9.69 Å². The van der Waals surface area contributed by atoms with Gasteiger partial charge >= 0.3 is 0 Å². The number of amides is 1. The minimum atomic E-state index is 0.127. The van der Waals surface area contributed by atoms with Gasteiger partial charge < -0.3 is 14.4 Å². The molecule has 2 heterocycles. The van der Waals surface area contributed by atoms with Gasteiger partial charge in [-0.2, -0.15) is 0 Å². The smallest absolute Gasteiger partial charge is 0.254 e. The first kappa shape index (κ1) is 17.9. The summed E-state index contributed by atoms with van der Waals surface area (Å²) < 4.78 is 11.9. The lowest BCUT2D eigenvalue weighted by Gasteiger charge is -2.36. The molecule has 24 heavy (non-hydrogen) atoms. The van der Waals surface area contributed by atoms with Gasteiger partial charge in [0.15, 0.2) is 0 Å². The molecule has 132 valence electrons. The molecular formula is C18H25BrN2O3. The van der Waals surface area contributed by atoms with Gasteiger partial charge in [-0.25, -0.2) is 0 Å². The molecular weight excluding hydrogens is 372 g/mol. The summed E-state index contributed by atoms with van der Waals surface area (Å²) in [7, 11) is 0. The predicted molar refractivity (Wildman–Crippen MR) is 96.3 cm³/mol. The lowest BCUT2D eigenvalue weighted by Crippen LogP contribution is -2.48. The van der Waals surface area contributed by atoms with Crippen LogP contribution in [-0.2, 0) is 9.47 Å². The van der Waals surface area contributed by atoms with Gasteiger partial charge in [-0.1, -0.05) is 15.9 Å². The molecule has 2 fully saturated rings. The number of ether oxygens (including phenoxy) is 2. The Bertz CT molecular complexity index is 526. The van der Waals surface area contributed by atoms with Crippen LogP contribution in [0.1, 0.15) is 23.2 Å². The molecule has 0 saturated carbocycles. The minimum Gasteiger partial charge on any atom is -0.381 e. The van der Waals surface area contributed by atoms with Crippen LogP contribution in [0.3, 0.4) is 0 Å². The number of hydrogen-bond acceptors (Lipinski definition) is 4. The average Bonchev–Trinajstić information content (AvgIpc) is 2.64. The summed E-state index contributed by atoms with van der Waals surface area (Å²) in [5.41, 5.74) is 0.756. The molecule has 1 aromatic carbocycles. The first-order valence-corrected chi connectivity index (χ1v) is 9.48. The average molecular weight is 397 g/mol. The van der Waals surface area contributed by atoms with Crippen molar-refractivity contribution in [2.24, 2.45) is 0 Å². The van der Waals surface area contributed by atoms with Crippen molar-refractivity contribution in [3.05, 3.63) is 34.3 Å². The summed E-state index contributed by atoms with van der Waals surface area (Å²) in [6, 6.07) is 7.92. The number of morpholine rings is 1. The van der Waals surface area contributed by atoms with Crippen LogP contribution in [0.25, 0.3) is 0 Å². The maximum Gasteiger partial charge on any atom is 0.254 e. The molecule has 0 spiro atoms. The van der Waals surface area contributed by atoms with Crippen LogP contribution in [0.15, 0.2) is 28.7 Å². The topological polar surface area (TPSA) is 42.0 Å². The monoisotopic (exact) mass is 396 g/mol. The van der Waals surface area contributed by atoms with E-state index in [4.69, 9.17) is 9.47 Å². The molecule has 2 aliphatic heterocycles. The Labute approximate surface area is 152 Å². The van der Waals surface area contributed by atoms with Crippen molar-refractivity contribution in [3.63, 3.8) is 0 Å². The summed E-state index contributed by atoms with van der Waals surface area (Å²) in [5.74, 6) is 0.127. The molecule has 0 aliphatic carbocycles. The number of nitrogens with zero attached hydrogens (tertiary/aromatic N) is 2. The van der Waals surface area contributed by atoms with Crippen molar-refractivity contribution in [1.29, 1.82) is 0 Å². The Morgan fingerprint density at radius 3 is 2.38 bits per heavy atom. The van der Waals surface area contributed by atoms with Crippen molar-refractivity contribution < 1.29 is 14.3 Å². The van der Waals surface area contributed by atoms with Gasteiger partial charge in [0, 0.05) is 55.5 Å². The highest BCUT2D eigenvalue weighted by atomic mass is 79.9. The Hall–Kier alpha value is -0.950. The molecule has 0 bridgehead atoms. The van der Waals surface area contributed by atoms with Crippen LogP contribution in [-0.4, -0.2) is 74.4 Å². The highest BCUT2D eigenvalue weighted by Gasteiger charge is 2.27. The first-order valence-electron chi connectivity index (χ1n) is 8.68. The van der Waals surface area contributed by atoms with Gasteiger partial charge in [0.1, 0.15) is 0 Å². The predicted octanol–water partition coefficient (Wildman–Crippen LogP) is 2.40. The summed E-state index contributed by atoms with van der Waals surface area (Å²) in [4.78, 5) is 17.5. The van der Waals surface area contributed by atoms with E-state index >= 15 is 0 Å². The third-order valence-corrected chi connectivity index (χ3v) is 5.27. The third-order valence-electron chi connectivity index (χ3n) is 4.74. The number of hydrogen-bond donors (Lipinski definition) is 0. The molecule has 6 heteroatoms.